The van der Waals surface area contributed by atoms with Crippen LogP contribution in [0.3, 0.4) is 0 Å². The van der Waals surface area contributed by atoms with Gasteiger partial charge in [0.15, 0.2) is 0 Å². The van der Waals surface area contributed by atoms with Gasteiger partial charge < -0.3 is 15.0 Å². The third-order valence-electron chi connectivity index (χ3n) is 2.01. The Morgan fingerprint density at radius 3 is 3.15 bits per heavy atom. The van der Waals surface area contributed by atoms with E-state index >= 15 is 0 Å². The second-order valence-corrected chi connectivity index (χ2v) is 2.89. The summed E-state index contributed by atoms with van der Waals surface area (Å²) in [5.74, 6) is 0. The Labute approximate surface area is 75.8 Å². The number of hydrogen-bond acceptors (Lipinski definition) is 3. The zero-order valence-corrected chi connectivity index (χ0v) is 7.36. The van der Waals surface area contributed by atoms with E-state index in [0.717, 1.165) is 16.7 Å². The first-order chi connectivity index (χ1) is 6.31. The van der Waals surface area contributed by atoms with Crippen molar-refractivity contribution < 1.29 is 5.11 Å². The summed E-state index contributed by atoms with van der Waals surface area (Å²) in [5, 5.41) is 11.5. The van der Waals surface area contributed by atoms with Gasteiger partial charge in [0.25, 0.3) is 0 Å². The molecule has 0 saturated heterocycles. The smallest absolute Gasteiger partial charge is 0.113 e. The predicted molar refractivity (Wildman–Crippen MR) is 51.4 cm³/mol. The van der Waals surface area contributed by atoms with Crippen molar-refractivity contribution >= 4 is 16.7 Å². The zero-order chi connectivity index (χ0) is 9.26. The van der Waals surface area contributed by atoms with Crippen molar-refractivity contribution in [3.8, 4) is 0 Å². The third kappa shape index (κ3) is 1.36. The van der Waals surface area contributed by atoms with E-state index in [2.05, 4.69) is 10.3 Å². The molecule has 68 valence electrons. The molecular formula is C9H11N3O. The number of nitrogens with one attached hydrogen (secondary N) is 1. The first-order valence-corrected chi connectivity index (χ1v) is 4.07. The summed E-state index contributed by atoms with van der Waals surface area (Å²) in [6.45, 7) is -0.0572. The third-order valence-corrected chi connectivity index (χ3v) is 2.01. The maximum absolute atomic E-state index is 8.66. The normalized spacial score (nSPS) is 10.6. The molecule has 0 aliphatic rings. The van der Waals surface area contributed by atoms with E-state index in [-0.39, 0.29) is 6.73 Å². The van der Waals surface area contributed by atoms with Crippen molar-refractivity contribution in [1.29, 1.82) is 0 Å². The van der Waals surface area contributed by atoms with Gasteiger partial charge in [0.2, 0.25) is 0 Å². The van der Waals surface area contributed by atoms with Gasteiger partial charge in [-0.2, -0.15) is 0 Å². The van der Waals surface area contributed by atoms with E-state index in [4.69, 9.17) is 5.11 Å². The van der Waals surface area contributed by atoms with Crippen LogP contribution < -0.4 is 5.32 Å². The maximum Gasteiger partial charge on any atom is 0.113 e. The lowest BCUT2D eigenvalue weighted by molar-refractivity contribution is 0.326. The molecule has 4 heteroatoms. The average Bonchev–Trinajstić information content (AvgIpc) is 2.48. The molecule has 4 nitrogen and oxygen atoms in total. The minimum atomic E-state index is -0.0572. The number of aliphatic hydroxyl groups is 1. The van der Waals surface area contributed by atoms with Gasteiger partial charge >= 0.3 is 0 Å². The standard InChI is InChI=1S/C9H11N3O/c1-12-5-10-8-4-7(11-6-13)2-3-9(8)12/h2-5,11,13H,6H2,1H3. The van der Waals surface area contributed by atoms with Crippen LogP contribution in [0.4, 0.5) is 5.69 Å². The molecule has 0 aliphatic heterocycles. The Morgan fingerprint density at radius 2 is 2.38 bits per heavy atom. The van der Waals surface area contributed by atoms with Crippen molar-refractivity contribution in [1.82, 2.24) is 9.55 Å². The number of aliphatic hydroxyl groups excluding tert-OH is 1. The summed E-state index contributed by atoms with van der Waals surface area (Å²) in [7, 11) is 1.95. The second kappa shape index (κ2) is 3.06. The zero-order valence-electron chi connectivity index (χ0n) is 7.36. The van der Waals surface area contributed by atoms with Crippen molar-refractivity contribution in [3.63, 3.8) is 0 Å². The minimum absolute atomic E-state index is 0.0572. The number of rotatable bonds is 2. The molecule has 0 radical (unpaired) electrons. The fourth-order valence-corrected chi connectivity index (χ4v) is 1.34. The van der Waals surface area contributed by atoms with Crippen LogP contribution in [0.15, 0.2) is 24.5 Å². The fourth-order valence-electron chi connectivity index (χ4n) is 1.34. The maximum atomic E-state index is 8.66. The molecular weight excluding hydrogens is 166 g/mol. The van der Waals surface area contributed by atoms with E-state index in [9.17, 15) is 0 Å². The Kier molecular flexibility index (Phi) is 1.90. The monoisotopic (exact) mass is 177 g/mol. The number of anilines is 1. The fraction of sp³-hybridized carbons (Fsp3) is 0.222. The van der Waals surface area contributed by atoms with Gasteiger partial charge in [-0.25, -0.2) is 4.98 Å². The highest BCUT2D eigenvalue weighted by Gasteiger charge is 1.99. The molecule has 0 spiro atoms. The summed E-state index contributed by atoms with van der Waals surface area (Å²) < 4.78 is 1.96. The van der Waals surface area contributed by atoms with Crippen molar-refractivity contribution in [2.45, 2.75) is 0 Å². The second-order valence-electron chi connectivity index (χ2n) is 2.89. The van der Waals surface area contributed by atoms with Crippen molar-refractivity contribution in [2.75, 3.05) is 12.0 Å². The van der Waals surface area contributed by atoms with Crippen LogP contribution in [0.5, 0.6) is 0 Å². The number of imidazole rings is 1. The van der Waals surface area contributed by atoms with E-state index in [0.29, 0.717) is 0 Å². The molecule has 13 heavy (non-hydrogen) atoms. The van der Waals surface area contributed by atoms with Gasteiger partial charge in [-0.3, -0.25) is 0 Å². The molecule has 0 bridgehead atoms. The van der Waals surface area contributed by atoms with Gasteiger partial charge in [0.05, 0.1) is 17.4 Å². The lowest BCUT2D eigenvalue weighted by Gasteiger charge is -2.01. The number of benzene rings is 1. The van der Waals surface area contributed by atoms with Gasteiger partial charge in [0.1, 0.15) is 6.73 Å². The molecule has 0 amide bonds. The number of nitrogens with zero attached hydrogens (tertiary/aromatic N) is 2. The van der Waals surface area contributed by atoms with Gasteiger partial charge in [-0.15, -0.1) is 0 Å². The molecule has 2 N–H and O–H groups in total. The Hall–Kier alpha value is -1.55. The van der Waals surface area contributed by atoms with Crippen LogP contribution in [-0.2, 0) is 7.05 Å². The summed E-state index contributed by atoms with van der Waals surface area (Å²) in [4.78, 5) is 4.20. The number of aromatic nitrogens is 2. The highest BCUT2D eigenvalue weighted by Crippen LogP contribution is 2.16. The van der Waals surface area contributed by atoms with Crippen molar-refractivity contribution in [2.24, 2.45) is 7.05 Å². The molecule has 0 fully saturated rings. The topological polar surface area (TPSA) is 50.1 Å². The van der Waals surface area contributed by atoms with Crippen LogP contribution in [0, 0.1) is 0 Å². The van der Waals surface area contributed by atoms with Crippen LogP contribution in [-0.4, -0.2) is 21.4 Å². The van der Waals surface area contributed by atoms with Crippen LogP contribution >= 0.6 is 0 Å². The van der Waals surface area contributed by atoms with Gasteiger partial charge in [-0.05, 0) is 18.2 Å². The largest absolute Gasteiger partial charge is 0.377 e. The lowest BCUT2D eigenvalue weighted by atomic mass is 10.3. The first-order valence-electron chi connectivity index (χ1n) is 4.07. The lowest BCUT2D eigenvalue weighted by Crippen LogP contribution is -1.98. The molecule has 1 heterocycles. The Morgan fingerprint density at radius 1 is 1.54 bits per heavy atom. The number of fused-ring (bicyclic) bond motifs is 1. The van der Waals surface area contributed by atoms with E-state index in [1.54, 1.807) is 6.33 Å². The number of hydrogen-bond donors (Lipinski definition) is 2. The van der Waals surface area contributed by atoms with E-state index in [1.165, 1.54) is 0 Å². The van der Waals surface area contributed by atoms with Crippen LogP contribution in [0.25, 0.3) is 11.0 Å². The molecule has 1 aromatic heterocycles. The van der Waals surface area contributed by atoms with E-state index < -0.39 is 0 Å². The highest BCUT2D eigenvalue weighted by molar-refractivity contribution is 5.79. The van der Waals surface area contributed by atoms with Crippen LogP contribution in [0.1, 0.15) is 0 Å². The van der Waals surface area contributed by atoms with E-state index in [1.807, 2.05) is 29.8 Å². The Bertz CT molecular complexity index is 422. The molecule has 1 aromatic carbocycles. The summed E-state index contributed by atoms with van der Waals surface area (Å²) >= 11 is 0. The minimum Gasteiger partial charge on any atom is -0.377 e. The predicted octanol–water partition coefficient (Wildman–Crippen LogP) is 0.935. The quantitative estimate of drug-likeness (QED) is 0.671. The van der Waals surface area contributed by atoms with Gasteiger partial charge in [0, 0.05) is 12.7 Å². The van der Waals surface area contributed by atoms with Crippen molar-refractivity contribution in [3.05, 3.63) is 24.5 Å². The van der Waals surface area contributed by atoms with Gasteiger partial charge in [-0.1, -0.05) is 0 Å². The summed E-state index contributed by atoms with van der Waals surface area (Å²) in [5.41, 5.74) is 2.90. The SMILES string of the molecule is Cn1cnc2cc(NCO)ccc21. The highest BCUT2D eigenvalue weighted by atomic mass is 16.3. The number of aryl methyl sites for hydroxylation is 1. The summed E-state index contributed by atoms with van der Waals surface area (Å²) in [6.07, 6.45) is 1.77. The average molecular weight is 177 g/mol. The summed E-state index contributed by atoms with van der Waals surface area (Å²) in [6, 6.07) is 5.80. The molecule has 0 saturated carbocycles. The molecule has 0 aliphatic carbocycles. The Balaban J connectivity index is 2.50. The van der Waals surface area contributed by atoms with Crippen LogP contribution in [0.2, 0.25) is 0 Å². The molecule has 2 aromatic rings. The molecule has 2 rings (SSSR count). The molecule has 0 unspecified atom stereocenters. The molecule has 0 atom stereocenters. The first kappa shape index (κ1) is 8.07.